The van der Waals surface area contributed by atoms with Crippen molar-refractivity contribution in [2.24, 2.45) is 0 Å². The van der Waals surface area contributed by atoms with Gasteiger partial charge < -0.3 is 0 Å². The van der Waals surface area contributed by atoms with Gasteiger partial charge in [0, 0.05) is 0 Å². The molecule has 0 aromatic heterocycles. The van der Waals surface area contributed by atoms with Gasteiger partial charge in [0.1, 0.15) is 0 Å². The minimum atomic E-state index is -0.0212. The van der Waals surface area contributed by atoms with Crippen LogP contribution in [0.4, 0.5) is 0 Å². The molecule has 0 unspecified atom stereocenters. The molecule has 0 radical (unpaired) electrons. The summed E-state index contributed by atoms with van der Waals surface area (Å²) in [5.74, 6) is -0.0212. The van der Waals surface area contributed by atoms with Gasteiger partial charge in [-0.2, -0.15) is 0 Å². The number of hydrogen-bond donors (Lipinski definition) is 0. The van der Waals surface area contributed by atoms with E-state index >= 15 is 0 Å². The molecule has 0 saturated carbocycles. The number of ketones is 1. The van der Waals surface area contributed by atoms with Crippen LogP contribution in [0.1, 0.15) is 11.1 Å². The van der Waals surface area contributed by atoms with E-state index in [4.69, 9.17) is 0 Å². The normalized spacial score (nSPS) is 11.3. The third-order valence-electron chi connectivity index (χ3n) is 2.51. The molecule has 97 valence electrons. The summed E-state index contributed by atoms with van der Waals surface area (Å²) in [5, 5.41) is 0. The summed E-state index contributed by atoms with van der Waals surface area (Å²) in [6.45, 7) is 0. The molecular formula is C17H13OPd. The van der Waals surface area contributed by atoms with Crippen LogP contribution in [-0.2, 0) is 24.0 Å². The first kappa shape index (κ1) is 13.7. The van der Waals surface area contributed by atoms with Crippen LogP contribution >= 0.6 is 0 Å². The molecule has 2 aromatic carbocycles. The van der Waals surface area contributed by atoms with E-state index in [9.17, 15) is 4.79 Å². The van der Waals surface area contributed by atoms with Crippen LogP contribution in [0.5, 0.6) is 0 Å². The molecule has 0 amide bonds. The zero-order chi connectivity index (χ0) is 13.5. The van der Waals surface area contributed by atoms with Crippen molar-refractivity contribution in [1.29, 1.82) is 0 Å². The summed E-state index contributed by atoms with van der Waals surface area (Å²) in [6, 6.07) is 17.6. The minimum absolute atomic E-state index is 0.0212. The van der Waals surface area contributed by atoms with Crippen molar-refractivity contribution in [2.75, 3.05) is 0 Å². The standard InChI is InChI=1S/C17H13O.Pd/c18-17(13-11-15-7-3-1-4-8-15)14-12-16-9-5-2-6-10-16;/h1-5,7-14H;. The van der Waals surface area contributed by atoms with Crippen LogP contribution < -0.4 is 4.04 Å². The van der Waals surface area contributed by atoms with Crippen molar-refractivity contribution < 1.29 is 24.0 Å². The molecule has 0 aliphatic heterocycles. The third kappa shape index (κ3) is 4.79. The second-order valence-electron chi connectivity index (χ2n) is 4.00. The maximum atomic E-state index is 11.7. The van der Waals surface area contributed by atoms with Crippen LogP contribution in [0.3, 0.4) is 0 Å². The first-order valence-corrected chi connectivity index (χ1v) is 6.69. The molecule has 19 heavy (non-hydrogen) atoms. The Bertz CT molecular complexity index is 612. The zero-order valence-corrected chi connectivity index (χ0v) is 11.8. The Morgan fingerprint density at radius 1 is 0.842 bits per heavy atom. The third-order valence-corrected chi connectivity index (χ3v) is 2.99. The van der Waals surface area contributed by atoms with E-state index in [1.807, 2.05) is 66.7 Å². The van der Waals surface area contributed by atoms with Crippen molar-refractivity contribution in [1.82, 2.24) is 0 Å². The molecule has 1 nitrogen and oxygen atoms in total. The molecule has 0 heterocycles. The molecule has 0 aliphatic carbocycles. The monoisotopic (exact) mass is 339 g/mol. The fraction of sp³-hybridized carbons (Fsp3) is 0. The Balaban J connectivity index is 2.00. The van der Waals surface area contributed by atoms with Crippen molar-refractivity contribution in [3.8, 4) is 0 Å². The molecular weight excluding hydrogens is 327 g/mol. The van der Waals surface area contributed by atoms with Gasteiger partial charge in [-0.15, -0.1) is 0 Å². The summed E-state index contributed by atoms with van der Waals surface area (Å²) in [7, 11) is 0. The van der Waals surface area contributed by atoms with Gasteiger partial charge in [0.2, 0.25) is 0 Å². The van der Waals surface area contributed by atoms with E-state index in [2.05, 4.69) is 19.2 Å². The molecule has 0 saturated heterocycles. The van der Waals surface area contributed by atoms with Gasteiger partial charge in [-0.25, -0.2) is 0 Å². The first-order valence-electron chi connectivity index (χ1n) is 5.92. The van der Waals surface area contributed by atoms with Gasteiger partial charge in [-0.1, -0.05) is 0 Å². The average molecular weight is 340 g/mol. The topological polar surface area (TPSA) is 17.1 Å². The van der Waals surface area contributed by atoms with Gasteiger partial charge in [-0.05, 0) is 0 Å². The molecule has 0 spiro atoms. The molecule has 0 bridgehead atoms. The van der Waals surface area contributed by atoms with E-state index in [1.54, 1.807) is 12.2 Å². The van der Waals surface area contributed by atoms with Crippen molar-refractivity contribution in [3.05, 3.63) is 77.9 Å². The summed E-state index contributed by atoms with van der Waals surface area (Å²) in [6.07, 6.45) is 6.78. The molecule has 0 aliphatic rings. The zero-order valence-electron chi connectivity index (χ0n) is 10.2. The first-order chi connectivity index (χ1) is 9.24. The Labute approximate surface area is 124 Å². The van der Waals surface area contributed by atoms with E-state index < -0.39 is 0 Å². The van der Waals surface area contributed by atoms with Crippen LogP contribution in [-0.4, -0.2) is 5.78 Å². The molecule has 2 heteroatoms. The predicted molar refractivity (Wildman–Crippen MR) is 75.6 cm³/mol. The van der Waals surface area contributed by atoms with Crippen molar-refractivity contribution >= 4 is 22.0 Å². The molecule has 0 fully saturated rings. The maximum absolute atomic E-state index is 11.7. The van der Waals surface area contributed by atoms with E-state index in [-0.39, 0.29) is 5.78 Å². The van der Waals surface area contributed by atoms with Crippen molar-refractivity contribution in [3.63, 3.8) is 0 Å². The Kier molecular flexibility index (Phi) is 5.03. The molecule has 0 atom stereocenters. The van der Waals surface area contributed by atoms with Crippen LogP contribution in [0, 0.1) is 0 Å². The fourth-order valence-electron chi connectivity index (χ4n) is 1.57. The molecule has 0 N–H and O–H groups in total. The van der Waals surface area contributed by atoms with Crippen LogP contribution in [0.15, 0.2) is 66.7 Å². The quantitative estimate of drug-likeness (QED) is 0.618. The van der Waals surface area contributed by atoms with Gasteiger partial charge in [0.15, 0.2) is 0 Å². The van der Waals surface area contributed by atoms with Gasteiger partial charge in [0.25, 0.3) is 0 Å². The number of carbonyl (C=O) groups excluding carboxylic acids is 1. The van der Waals surface area contributed by atoms with Gasteiger partial charge in [-0.3, -0.25) is 0 Å². The van der Waals surface area contributed by atoms with E-state index in [0.717, 1.165) is 15.2 Å². The van der Waals surface area contributed by atoms with Crippen LogP contribution in [0.25, 0.3) is 12.2 Å². The number of benzene rings is 2. The second kappa shape index (κ2) is 6.99. The number of allylic oxidation sites excluding steroid dienone is 2. The Morgan fingerprint density at radius 2 is 1.47 bits per heavy atom. The summed E-state index contributed by atoms with van der Waals surface area (Å²) >= 11 is 3.13. The number of hydrogen-bond acceptors (Lipinski definition) is 1. The Morgan fingerprint density at radius 3 is 2.16 bits per heavy atom. The number of rotatable bonds is 4. The van der Waals surface area contributed by atoms with Gasteiger partial charge >= 0.3 is 124 Å². The predicted octanol–water partition coefficient (Wildman–Crippen LogP) is 3.15. The summed E-state index contributed by atoms with van der Waals surface area (Å²) in [4.78, 5) is 11.7. The Hall–Kier alpha value is -1.75. The second-order valence-corrected chi connectivity index (χ2v) is 4.90. The SMILES string of the molecule is O=C(C=Cc1ccccc1)C=Cc1ccc[c]([Pd])c1. The van der Waals surface area contributed by atoms with E-state index in [1.165, 1.54) is 0 Å². The van der Waals surface area contributed by atoms with Crippen molar-refractivity contribution in [2.45, 2.75) is 0 Å². The number of carbonyl (C=O) groups is 1. The molecule has 2 aromatic rings. The molecule has 2 rings (SSSR count). The van der Waals surface area contributed by atoms with Crippen LogP contribution in [0.2, 0.25) is 0 Å². The van der Waals surface area contributed by atoms with E-state index in [0.29, 0.717) is 0 Å². The average Bonchev–Trinajstić information content (AvgIpc) is 2.44. The summed E-state index contributed by atoms with van der Waals surface area (Å²) < 4.78 is 1.04. The fourth-order valence-corrected chi connectivity index (χ4v) is 1.98. The summed E-state index contributed by atoms with van der Waals surface area (Å²) in [5.41, 5.74) is 2.03. The van der Waals surface area contributed by atoms with Gasteiger partial charge in [0.05, 0.1) is 0 Å².